The maximum Gasteiger partial charge on any atom is 1.00 e. The first-order valence-electron chi connectivity index (χ1n) is 9.24. The van der Waals surface area contributed by atoms with Crippen LogP contribution in [-0.2, 0) is 14.4 Å². The van der Waals surface area contributed by atoms with Gasteiger partial charge in [-0.3, -0.25) is 14.5 Å². The Kier molecular flexibility index (Phi) is 8.65. The van der Waals surface area contributed by atoms with Crippen LogP contribution in [0.2, 0.25) is 0 Å². The van der Waals surface area contributed by atoms with E-state index in [0.717, 1.165) is 0 Å². The predicted octanol–water partition coefficient (Wildman–Crippen LogP) is -1.70. The minimum Gasteiger partial charge on any atom is -0.548 e. The van der Waals surface area contributed by atoms with Gasteiger partial charge in [0, 0.05) is 0 Å². The number of carbonyl (C=O) groups is 3. The molecule has 0 saturated carbocycles. The number of rotatable bonds is 7. The van der Waals surface area contributed by atoms with Gasteiger partial charge < -0.3 is 24.1 Å². The Morgan fingerprint density at radius 1 is 0.875 bits per heavy atom. The number of likely N-dealkylation sites (tertiary alicyclic amines) is 1. The van der Waals surface area contributed by atoms with Crippen LogP contribution in [0, 0.1) is 0 Å². The smallest absolute Gasteiger partial charge is 0.548 e. The number of methoxy groups -OCH3 is 3. The molecule has 1 fully saturated rings. The Bertz CT molecular complexity index is 1070. The first-order chi connectivity index (χ1) is 14.9. The largest absolute Gasteiger partial charge is 1.00 e. The van der Waals surface area contributed by atoms with E-state index in [4.69, 9.17) is 14.2 Å². The molecule has 0 bridgehead atoms. The average Bonchev–Trinajstić information content (AvgIpc) is 2.97. The molecule has 32 heavy (non-hydrogen) atoms. The van der Waals surface area contributed by atoms with Crippen molar-refractivity contribution in [2.24, 2.45) is 0 Å². The summed E-state index contributed by atoms with van der Waals surface area (Å²) in [5.74, 6) is -1.87. The summed E-state index contributed by atoms with van der Waals surface area (Å²) in [4.78, 5) is 37.5. The Morgan fingerprint density at radius 2 is 1.38 bits per heavy atom. The SMILES string of the molecule is COc1cc(/C=C2/C(=O)N(CC(=O)[O-])C(=O)/C2=C/c2ccccc2)cc(OC)c1OC.[Na+]. The van der Waals surface area contributed by atoms with Crippen LogP contribution in [0.1, 0.15) is 11.1 Å². The first-order valence-corrected chi connectivity index (χ1v) is 9.24. The van der Waals surface area contributed by atoms with Gasteiger partial charge >= 0.3 is 29.6 Å². The Balaban J connectivity index is 0.00000363. The number of imide groups is 1. The van der Waals surface area contributed by atoms with Crippen molar-refractivity contribution in [3.8, 4) is 17.2 Å². The van der Waals surface area contributed by atoms with Crippen LogP contribution < -0.4 is 48.9 Å². The van der Waals surface area contributed by atoms with E-state index in [1.165, 1.54) is 27.4 Å². The Labute approximate surface area is 207 Å². The number of amides is 2. The van der Waals surface area contributed by atoms with Crippen molar-refractivity contribution >= 4 is 29.9 Å². The summed E-state index contributed by atoms with van der Waals surface area (Å²) in [6.07, 6.45) is 3.02. The second-order valence-electron chi connectivity index (χ2n) is 6.55. The average molecular weight is 445 g/mol. The third-order valence-electron chi connectivity index (χ3n) is 4.64. The topological polar surface area (TPSA) is 105 Å². The van der Waals surface area contributed by atoms with Crippen LogP contribution in [0.15, 0.2) is 53.6 Å². The van der Waals surface area contributed by atoms with Crippen molar-refractivity contribution < 1.29 is 63.3 Å². The molecule has 3 rings (SSSR count). The fourth-order valence-electron chi connectivity index (χ4n) is 3.23. The summed E-state index contributed by atoms with van der Waals surface area (Å²) in [6, 6.07) is 12.2. The summed E-state index contributed by atoms with van der Waals surface area (Å²) in [5, 5.41) is 11.1. The van der Waals surface area contributed by atoms with Crippen molar-refractivity contribution in [2.45, 2.75) is 0 Å². The van der Waals surface area contributed by atoms with Gasteiger partial charge in [0.2, 0.25) is 5.75 Å². The van der Waals surface area contributed by atoms with E-state index in [0.29, 0.717) is 33.3 Å². The molecule has 1 aliphatic heterocycles. The van der Waals surface area contributed by atoms with Gasteiger partial charge in [0.1, 0.15) is 0 Å². The fourth-order valence-corrected chi connectivity index (χ4v) is 3.23. The second-order valence-corrected chi connectivity index (χ2v) is 6.55. The van der Waals surface area contributed by atoms with Crippen LogP contribution in [0.5, 0.6) is 17.2 Å². The van der Waals surface area contributed by atoms with Gasteiger partial charge in [-0.05, 0) is 35.4 Å². The normalized spacial score (nSPS) is 15.7. The van der Waals surface area contributed by atoms with E-state index >= 15 is 0 Å². The zero-order valence-corrected chi connectivity index (χ0v) is 20.2. The third kappa shape index (κ3) is 5.21. The molecule has 8 nitrogen and oxygen atoms in total. The molecule has 1 saturated heterocycles. The van der Waals surface area contributed by atoms with Gasteiger partial charge in [-0.15, -0.1) is 0 Å². The molecule has 0 aliphatic carbocycles. The summed E-state index contributed by atoms with van der Waals surface area (Å²) < 4.78 is 16.0. The molecule has 0 unspecified atom stereocenters. The number of hydrogen-bond donors (Lipinski definition) is 0. The second kappa shape index (κ2) is 11.0. The summed E-state index contributed by atoms with van der Waals surface area (Å²) >= 11 is 0. The van der Waals surface area contributed by atoms with Gasteiger partial charge in [-0.2, -0.15) is 0 Å². The van der Waals surface area contributed by atoms with E-state index in [-0.39, 0.29) is 40.7 Å². The van der Waals surface area contributed by atoms with E-state index < -0.39 is 24.3 Å². The Morgan fingerprint density at radius 3 is 1.81 bits per heavy atom. The molecule has 0 radical (unpaired) electrons. The standard InChI is InChI=1S/C23H21NO7.Na/c1-29-18-11-15(12-19(30-2)21(18)31-3)10-17-16(9-14-7-5-4-6-8-14)22(27)24(23(17)28)13-20(25)26;/h4-12H,13H2,1-3H3,(H,25,26);/q;+1/p-1/b16-9+,17-10+;. The predicted molar refractivity (Wildman–Crippen MR) is 110 cm³/mol. The molecule has 160 valence electrons. The zero-order valence-electron chi connectivity index (χ0n) is 18.2. The van der Waals surface area contributed by atoms with Crippen LogP contribution in [-0.4, -0.2) is 50.6 Å². The van der Waals surface area contributed by atoms with Gasteiger partial charge in [0.15, 0.2) is 11.5 Å². The number of benzene rings is 2. The molecule has 2 aromatic carbocycles. The monoisotopic (exact) mass is 445 g/mol. The number of hydrogen-bond acceptors (Lipinski definition) is 7. The van der Waals surface area contributed by atoms with E-state index in [1.54, 1.807) is 42.5 Å². The molecule has 0 spiro atoms. The fraction of sp³-hybridized carbons (Fsp3) is 0.174. The van der Waals surface area contributed by atoms with Gasteiger partial charge in [-0.25, -0.2) is 0 Å². The maximum absolute atomic E-state index is 12.9. The van der Waals surface area contributed by atoms with Gasteiger partial charge in [0.05, 0.1) is 45.0 Å². The van der Waals surface area contributed by atoms with Crippen LogP contribution in [0.4, 0.5) is 0 Å². The molecule has 0 N–H and O–H groups in total. The van der Waals surface area contributed by atoms with E-state index in [1.807, 2.05) is 6.07 Å². The molecular weight excluding hydrogens is 425 g/mol. The molecule has 0 atom stereocenters. The molecule has 0 aromatic heterocycles. The van der Waals surface area contributed by atoms with Gasteiger partial charge in [0.25, 0.3) is 11.8 Å². The molecule has 1 aliphatic rings. The number of aliphatic carboxylic acids is 1. The number of nitrogens with zero attached hydrogens (tertiary/aromatic N) is 1. The minimum absolute atomic E-state index is 0. The summed E-state index contributed by atoms with van der Waals surface area (Å²) in [7, 11) is 4.39. The zero-order chi connectivity index (χ0) is 22.5. The molecular formula is C23H20NNaO7. The van der Waals surface area contributed by atoms with Crippen molar-refractivity contribution in [3.05, 3.63) is 64.7 Å². The van der Waals surface area contributed by atoms with Crippen molar-refractivity contribution in [2.75, 3.05) is 27.9 Å². The maximum atomic E-state index is 12.9. The molecule has 1 heterocycles. The van der Waals surface area contributed by atoms with E-state index in [9.17, 15) is 19.5 Å². The number of carboxylic acids is 1. The quantitative estimate of drug-likeness (QED) is 0.284. The first kappa shape index (κ1) is 25.2. The van der Waals surface area contributed by atoms with Crippen LogP contribution >= 0.6 is 0 Å². The van der Waals surface area contributed by atoms with Crippen LogP contribution in [0.3, 0.4) is 0 Å². The summed E-state index contributed by atoms with van der Waals surface area (Å²) in [5.41, 5.74) is 1.31. The molecule has 9 heteroatoms. The van der Waals surface area contributed by atoms with E-state index in [2.05, 4.69) is 0 Å². The number of ether oxygens (including phenoxy) is 3. The molecule has 2 amide bonds. The Hall–Kier alpha value is -3.07. The number of carbonyl (C=O) groups excluding carboxylic acids is 3. The summed E-state index contributed by atoms with van der Waals surface area (Å²) in [6.45, 7) is -0.837. The number of carboxylic acid groups (broad SMARTS) is 1. The van der Waals surface area contributed by atoms with Crippen molar-refractivity contribution in [1.29, 1.82) is 0 Å². The van der Waals surface area contributed by atoms with Crippen LogP contribution in [0.25, 0.3) is 12.2 Å². The van der Waals surface area contributed by atoms with Crippen molar-refractivity contribution in [1.82, 2.24) is 4.90 Å². The third-order valence-corrected chi connectivity index (χ3v) is 4.64. The van der Waals surface area contributed by atoms with Gasteiger partial charge in [-0.1, -0.05) is 30.3 Å². The minimum atomic E-state index is -1.53. The van der Waals surface area contributed by atoms with Crippen molar-refractivity contribution in [3.63, 3.8) is 0 Å². The molecule has 2 aromatic rings.